The van der Waals surface area contributed by atoms with Gasteiger partial charge in [0.05, 0.1) is 41.8 Å². The lowest BCUT2D eigenvalue weighted by atomic mass is 9.89. The Balaban J connectivity index is 1.52. The van der Waals surface area contributed by atoms with Crippen molar-refractivity contribution in [2.24, 2.45) is 0 Å². The maximum atomic E-state index is 13.3. The van der Waals surface area contributed by atoms with Crippen LogP contribution in [0.2, 0.25) is 5.02 Å². The minimum atomic E-state index is -0.424. The van der Waals surface area contributed by atoms with Gasteiger partial charge in [-0.3, -0.25) is 9.59 Å². The monoisotopic (exact) mass is 426 g/mol. The highest BCUT2D eigenvalue weighted by Gasteiger charge is 2.37. The molecule has 0 unspecified atom stereocenters. The first-order valence-corrected chi connectivity index (χ1v) is 11.0. The van der Waals surface area contributed by atoms with E-state index >= 15 is 0 Å². The molecule has 2 amide bonds. The molecule has 6 heteroatoms. The molecule has 30 heavy (non-hydrogen) atoms. The molecule has 2 fully saturated rings. The molecule has 1 saturated carbocycles. The van der Waals surface area contributed by atoms with Crippen LogP contribution < -0.4 is 5.32 Å². The quantitative estimate of drug-likeness (QED) is 0.772. The first-order valence-electron chi connectivity index (χ1n) is 10.6. The molecule has 4 rings (SSSR count). The van der Waals surface area contributed by atoms with Crippen LogP contribution in [0.25, 0.3) is 0 Å². The van der Waals surface area contributed by atoms with E-state index in [9.17, 15) is 9.59 Å². The zero-order chi connectivity index (χ0) is 20.9. The first-order chi connectivity index (χ1) is 14.6. The summed E-state index contributed by atoms with van der Waals surface area (Å²) < 4.78 is 5.91. The Bertz CT molecular complexity index is 887. The Morgan fingerprint density at radius 1 is 1.07 bits per heavy atom. The van der Waals surface area contributed by atoms with Crippen molar-refractivity contribution in [3.8, 4) is 0 Å². The molecule has 1 saturated heterocycles. The summed E-state index contributed by atoms with van der Waals surface area (Å²) >= 11 is 6.20. The van der Waals surface area contributed by atoms with Gasteiger partial charge in [-0.2, -0.15) is 0 Å². The fraction of sp³-hybridized carbons (Fsp3) is 0.417. The molecular weight excluding hydrogens is 400 g/mol. The van der Waals surface area contributed by atoms with Gasteiger partial charge in [0, 0.05) is 6.54 Å². The second kappa shape index (κ2) is 9.63. The molecule has 5 nitrogen and oxygen atoms in total. The van der Waals surface area contributed by atoms with Gasteiger partial charge in [0.25, 0.3) is 5.91 Å². The van der Waals surface area contributed by atoms with Gasteiger partial charge >= 0.3 is 0 Å². The zero-order valence-corrected chi connectivity index (χ0v) is 17.7. The molecule has 3 atom stereocenters. The van der Waals surface area contributed by atoms with Crippen molar-refractivity contribution in [3.05, 3.63) is 70.7 Å². The molecule has 0 spiro atoms. The highest BCUT2D eigenvalue weighted by molar-refractivity contribution is 6.33. The molecule has 1 aliphatic carbocycles. The number of amides is 2. The molecule has 0 aromatic heterocycles. The van der Waals surface area contributed by atoms with E-state index in [0.29, 0.717) is 23.7 Å². The Kier molecular flexibility index (Phi) is 6.70. The van der Waals surface area contributed by atoms with Crippen molar-refractivity contribution in [3.63, 3.8) is 0 Å². The van der Waals surface area contributed by atoms with Crippen LogP contribution in [0.5, 0.6) is 0 Å². The molecule has 0 radical (unpaired) electrons. The number of benzene rings is 2. The van der Waals surface area contributed by atoms with Gasteiger partial charge in [0.15, 0.2) is 0 Å². The first kappa shape index (κ1) is 20.9. The van der Waals surface area contributed by atoms with Crippen LogP contribution in [0, 0.1) is 0 Å². The SMILES string of the molecule is O=C(N[C@H](CC(=O)N1CCO[C@H]2CCCC[C@H]21)c1ccccc1)c1ccccc1Cl. The van der Waals surface area contributed by atoms with Crippen LogP contribution in [0.3, 0.4) is 0 Å². The van der Waals surface area contributed by atoms with Gasteiger partial charge in [0.2, 0.25) is 5.91 Å². The predicted octanol–water partition coefficient (Wildman–Crippen LogP) is 4.37. The Morgan fingerprint density at radius 3 is 2.60 bits per heavy atom. The topological polar surface area (TPSA) is 58.6 Å². The van der Waals surface area contributed by atoms with Crippen LogP contribution in [-0.4, -0.2) is 42.0 Å². The van der Waals surface area contributed by atoms with Gasteiger partial charge in [-0.25, -0.2) is 0 Å². The Morgan fingerprint density at radius 2 is 1.80 bits per heavy atom. The van der Waals surface area contributed by atoms with Crippen LogP contribution in [0.15, 0.2) is 54.6 Å². The fourth-order valence-corrected chi connectivity index (χ4v) is 4.74. The van der Waals surface area contributed by atoms with Crippen LogP contribution >= 0.6 is 11.6 Å². The number of rotatable bonds is 5. The van der Waals surface area contributed by atoms with E-state index < -0.39 is 6.04 Å². The van der Waals surface area contributed by atoms with Crippen LogP contribution in [0.1, 0.15) is 54.1 Å². The minimum absolute atomic E-state index is 0.0588. The summed E-state index contributed by atoms with van der Waals surface area (Å²) in [6, 6.07) is 16.3. The number of carbonyl (C=O) groups excluding carboxylic acids is 2. The number of ether oxygens (including phenoxy) is 1. The van der Waals surface area contributed by atoms with Crippen molar-refractivity contribution in [2.45, 2.75) is 50.3 Å². The summed E-state index contributed by atoms with van der Waals surface area (Å²) in [4.78, 5) is 28.2. The molecule has 2 aliphatic rings. The van der Waals surface area contributed by atoms with E-state index in [2.05, 4.69) is 5.32 Å². The summed E-state index contributed by atoms with van der Waals surface area (Å²) in [6.07, 6.45) is 4.63. The van der Waals surface area contributed by atoms with Gasteiger partial charge in [-0.05, 0) is 30.5 Å². The third kappa shape index (κ3) is 4.68. The van der Waals surface area contributed by atoms with Crippen molar-refractivity contribution < 1.29 is 14.3 Å². The highest BCUT2D eigenvalue weighted by atomic mass is 35.5. The van der Waals surface area contributed by atoms with E-state index in [0.717, 1.165) is 31.2 Å². The summed E-state index contributed by atoms with van der Waals surface area (Å²) in [5.41, 5.74) is 1.31. The Hall–Kier alpha value is -2.37. The summed E-state index contributed by atoms with van der Waals surface area (Å²) in [5.74, 6) is -0.219. The number of hydrogen-bond acceptors (Lipinski definition) is 3. The van der Waals surface area contributed by atoms with Crippen LogP contribution in [-0.2, 0) is 9.53 Å². The van der Waals surface area contributed by atoms with Gasteiger partial charge in [-0.15, -0.1) is 0 Å². The number of nitrogens with one attached hydrogen (secondary N) is 1. The molecule has 158 valence electrons. The standard InChI is InChI=1S/C24H27ClN2O3/c25-19-11-5-4-10-18(19)24(29)26-20(17-8-2-1-3-9-17)16-23(28)27-14-15-30-22-13-7-6-12-21(22)27/h1-5,8-11,20-22H,6-7,12-16H2,(H,26,29)/t20-,21-,22+/m1/s1. The lowest BCUT2D eigenvalue weighted by molar-refractivity contribution is -0.150. The van der Waals surface area contributed by atoms with Gasteiger partial charge < -0.3 is 15.0 Å². The van der Waals surface area contributed by atoms with E-state index in [1.165, 1.54) is 0 Å². The maximum absolute atomic E-state index is 13.3. The second-order valence-corrected chi connectivity index (χ2v) is 8.38. The van der Waals surface area contributed by atoms with E-state index in [4.69, 9.17) is 16.3 Å². The number of hydrogen-bond donors (Lipinski definition) is 1. The lowest BCUT2D eigenvalue weighted by Crippen LogP contribution is -2.55. The average Bonchev–Trinajstić information content (AvgIpc) is 2.79. The molecule has 1 heterocycles. The van der Waals surface area contributed by atoms with Crippen molar-refractivity contribution in [1.82, 2.24) is 10.2 Å². The third-order valence-corrected chi connectivity index (χ3v) is 6.39. The number of morpholine rings is 1. The van der Waals surface area contributed by atoms with E-state index in [1.54, 1.807) is 24.3 Å². The zero-order valence-electron chi connectivity index (χ0n) is 16.9. The van der Waals surface area contributed by atoms with E-state index in [-0.39, 0.29) is 30.4 Å². The average molecular weight is 427 g/mol. The number of halogens is 1. The van der Waals surface area contributed by atoms with Crippen LogP contribution in [0.4, 0.5) is 0 Å². The van der Waals surface area contributed by atoms with Gasteiger partial charge in [0.1, 0.15) is 0 Å². The molecule has 2 aromatic rings. The second-order valence-electron chi connectivity index (χ2n) is 7.97. The lowest BCUT2D eigenvalue weighted by Gasteiger charge is -2.44. The predicted molar refractivity (Wildman–Crippen MR) is 116 cm³/mol. The summed E-state index contributed by atoms with van der Waals surface area (Å²) in [6.45, 7) is 1.19. The Labute approximate surface area is 182 Å². The fourth-order valence-electron chi connectivity index (χ4n) is 4.52. The number of nitrogens with zero attached hydrogens (tertiary/aromatic N) is 1. The third-order valence-electron chi connectivity index (χ3n) is 6.06. The smallest absolute Gasteiger partial charge is 0.253 e. The molecule has 0 bridgehead atoms. The number of carbonyl (C=O) groups is 2. The molecule has 2 aromatic carbocycles. The van der Waals surface area contributed by atoms with E-state index in [1.807, 2.05) is 35.2 Å². The molecule has 1 N–H and O–H groups in total. The largest absolute Gasteiger partial charge is 0.374 e. The normalized spacial score (nSPS) is 22.1. The van der Waals surface area contributed by atoms with Crippen molar-refractivity contribution in [2.75, 3.05) is 13.2 Å². The summed E-state index contributed by atoms with van der Waals surface area (Å²) in [7, 11) is 0. The minimum Gasteiger partial charge on any atom is -0.374 e. The molecular formula is C24H27ClN2O3. The number of fused-ring (bicyclic) bond motifs is 1. The van der Waals surface area contributed by atoms with Crippen molar-refractivity contribution in [1.29, 1.82) is 0 Å². The highest BCUT2D eigenvalue weighted by Crippen LogP contribution is 2.30. The van der Waals surface area contributed by atoms with Crippen molar-refractivity contribution >= 4 is 23.4 Å². The van der Waals surface area contributed by atoms with Gasteiger partial charge in [-0.1, -0.05) is 66.9 Å². The maximum Gasteiger partial charge on any atom is 0.253 e. The summed E-state index contributed by atoms with van der Waals surface area (Å²) in [5, 5.41) is 3.43. The molecule has 1 aliphatic heterocycles.